The number of benzene rings is 1. The van der Waals surface area contributed by atoms with Crippen molar-refractivity contribution in [3.63, 3.8) is 0 Å². The summed E-state index contributed by atoms with van der Waals surface area (Å²) in [6.45, 7) is 2.53. The molecule has 0 spiro atoms. The van der Waals surface area contributed by atoms with Crippen molar-refractivity contribution in [1.29, 1.82) is 0 Å². The molecule has 0 fully saturated rings. The third-order valence-corrected chi connectivity index (χ3v) is 2.22. The zero-order valence-corrected chi connectivity index (χ0v) is 8.97. The van der Waals surface area contributed by atoms with Crippen LogP contribution in [0.1, 0.15) is 18.9 Å². The lowest BCUT2D eigenvalue weighted by Crippen LogP contribution is -2.24. The number of rotatable bonds is 4. The first-order valence-electron chi connectivity index (χ1n) is 4.73. The van der Waals surface area contributed by atoms with Gasteiger partial charge in [-0.2, -0.15) is 0 Å². The molecule has 0 unspecified atom stereocenters. The molecule has 0 aliphatic rings. The molecule has 1 N–H and O–H groups in total. The van der Waals surface area contributed by atoms with Gasteiger partial charge in [0.25, 0.3) is 0 Å². The van der Waals surface area contributed by atoms with Gasteiger partial charge in [-0.05, 0) is 24.1 Å². The van der Waals surface area contributed by atoms with Crippen LogP contribution in [0.5, 0.6) is 0 Å². The zero-order chi connectivity index (χ0) is 10.4. The molecule has 1 aromatic rings. The van der Waals surface area contributed by atoms with Gasteiger partial charge >= 0.3 is 0 Å². The van der Waals surface area contributed by atoms with Crippen molar-refractivity contribution in [2.24, 2.45) is 0 Å². The van der Waals surface area contributed by atoms with Crippen LogP contribution in [0, 0.1) is 0 Å². The summed E-state index contributed by atoms with van der Waals surface area (Å²) in [6.07, 6.45) is 1.39. The summed E-state index contributed by atoms with van der Waals surface area (Å²) >= 11 is 5.75. The molecule has 76 valence electrons. The maximum atomic E-state index is 10.9. The molecule has 0 atom stereocenters. The number of amides is 1. The molecule has 1 rings (SSSR count). The summed E-state index contributed by atoms with van der Waals surface area (Å²) in [5, 5.41) is 3.57. The predicted octanol–water partition coefficient (Wildman–Crippen LogP) is 2.41. The van der Waals surface area contributed by atoms with Crippen LogP contribution in [0.2, 0.25) is 5.02 Å². The summed E-state index contributed by atoms with van der Waals surface area (Å²) in [4.78, 5) is 10.9. The first-order valence-corrected chi connectivity index (χ1v) is 5.11. The van der Waals surface area contributed by atoms with Crippen molar-refractivity contribution >= 4 is 17.5 Å². The number of hydrogen-bond donors (Lipinski definition) is 1. The fraction of sp³-hybridized carbons (Fsp3) is 0.364. The zero-order valence-electron chi connectivity index (χ0n) is 8.22. The lowest BCUT2D eigenvalue weighted by Gasteiger charge is -2.03. The second kappa shape index (κ2) is 5.66. The Balaban J connectivity index is 2.31. The molecule has 0 saturated heterocycles. The normalized spacial score (nSPS) is 9.86. The lowest BCUT2D eigenvalue weighted by atomic mass is 10.1. The minimum atomic E-state index is 0.0963. The van der Waals surface area contributed by atoms with Gasteiger partial charge in [-0.15, -0.1) is 0 Å². The molecule has 14 heavy (non-hydrogen) atoms. The van der Waals surface area contributed by atoms with E-state index < -0.39 is 0 Å². The van der Waals surface area contributed by atoms with Crippen LogP contribution in [-0.2, 0) is 11.2 Å². The van der Waals surface area contributed by atoms with Gasteiger partial charge in [0.05, 0.1) is 0 Å². The summed E-state index contributed by atoms with van der Waals surface area (Å²) in [7, 11) is 0. The van der Waals surface area contributed by atoms with Gasteiger partial charge in [-0.3, -0.25) is 4.79 Å². The van der Waals surface area contributed by atoms with E-state index in [1.807, 2.05) is 31.2 Å². The Bertz CT molecular complexity index is 295. The smallest absolute Gasteiger partial charge is 0.219 e. The highest BCUT2D eigenvalue weighted by molar-refractivity contribution is 6.30. The molecule has 0 aliphatic heterocycles. The van der Waals surface area contributed by atoms with Gasteiger partial charge in [-0.1, -0.05) is 30.7 Å². The summed E-state index contributed by atoms with van der Waals surface area (Å²) < 4.78 is 0. The highest BCUT2D eigenvalue weighted by Gasteiger charge is 1.96. The van der Waals surface area contributed by atoms with E-state index in [-0.39, 0.29) is 5.91 Å². The second-order valence-corrected chi connectivity index (χ2v) is 3.52. The Hall–Kier alpha value is -1.02. The van der Waals surface area contributed by atoms with E-state index in [0.717, 1.165) is 11.4 Å². The fourth-order valence-corrected chi connectivity index (χ4v) is 1.25. The maximum Gasteiger partial charge on any atom is 0.219 e. The summed E-state index contributed by atoms with van der Waals surface area (Å²) in [6, 6.07) is 7.66. The average molecular weight is 212 g/mol. The molecule has 3 heteroatoms. The molecule has 0 bridgehead atoms. The third-order valence-electron chi connectivity index (χ3n) is 1.97. The Morgan fingerprint density at radius 2 is 2.00 bits per heavy atom. The number of halogens is 1. The second-order valence-electron chi connectivity index (χ2n) is 3.08. The highest BCUT2D eigenvalue weighted by atomic mass is 35.5. The van der Waals surface area contributed by atoms with Crippen LogP contribution in [0.4, 0.5) is 0 Å². The van der Waals surface area contributed by atoms with E-state index in [2.05, 4.69) is 5.32 Å². The Morgan fingerprint density at radius 1 is 1.36 bits per heavy atom. The van der Waals surface area contributed by atoms with Crippen molar-refractivity contribution in [2.45, 2.75) is 19.8 Å². The SMILES string of the molecule is CCC(=O)NCCc1ccc(Cl)cc1. The van der Waals surface area contributed by atoms with E-state index in [1.165, 1.54) is 5.56 Å². The van der Waals surface area contributed by atoms with Crippen molar-refractivity contribution < 1.29 is 4.79 Å². The molecular formula is C11H14ClNO. The number of nitrogens with one attached hydrogen (secondary N) is 1. The maximum absolute atomic E-state index is 10.9. The third kappa shape index (κ3) is 3.79. The molecule has 0 aliphatic carbocycles. The van der Waals surface area contributed by atoms with Crippen LogP contribution >= 0.6 is 11.6 Å². The van der Waals surface area contributed by atoms with Gasteiger partial charge in [0, 0.05) is 18.0 Å². The summed E-state index contributed by atoms with van der Waals surface area (Å²) in [5.74, 6) is 0.0963. The van der Waals surface area contributed by atoms with Crippen LogP contribution in [0.25, 0.3) is 0 Å². The topological polar surface area (TPSA) is 29.1 Å². The van der Waals surface area contributed by atoms with Crippen LogP contribution in [-0.4, -0.2) is 12.5 Å². The fourth-order valence-electron chi connectivity index (χ4n) is 1.12. The van der Waals surface area contributed by atoms with Crippen LogP contribution in [0.3, 0.4) is 0 Å². The van der Waals surface area contributed by atoms with Gasteiger partial charge in [-0.25, -0.2) is 0 Å². The molecule has 0 radical (unpaired) electrons. The quantitative estimate of drug-likeness (QED) is 0.814. The van der Waals surface area contributed by atoms with Crippen LogP contribution in [0.15, 0.2) is 24.3 Å². The molecule has 1 amide bonds. The summed E-state index contributed by atoms with van der Waals surface area (Å²) in [5.41, 5.74) is 1.19. The van der Waals surface area contributed by atoms with E-state index in [0.29, 0.717) is 13.0 Å². The van der Waals surface area contributed by atoms with Crippen molar-refractivity contribution in [3.05, 3.63) is 34.9 Å². The largest absolute Gasteiger partial charge is 0.356 e. The number of carbonyl (C=O) groups excluding carboxylic acids is 1. The number of carbonyl (C=O) groups is 1. The van der Waals surface area contributed by atoms with Gasteiger partial charge in [0.15, 0.2) is 0 Å². The molecule has 0 heterocycles. The van der Waals surface area contributed by atoms with Crippen LogP contribution < -0.4 is 5.32 Å². The minimum absolute atomic E-state index is 0.0963. The van der Waals surface area contributed by atoms with E-state index >= 15 is 0 Å². The van der Waals surface area contributed by atoms with Crippen molar-refractivity contribution in [1.82, 2.24) is 5.32 Å². The number of hydrogen-bond acceptors (Lipinski definition) is 1. The molecule has 0 saturated carbocycles. The van der Waals surface area contributed by atoms with Gasteiger partial charge in [0.2, 0.25) is 5.91 Å². The van der Waals surface area contributed by atoms with E-state index in [1.54, 1.807) is 0 Å². The van der Waals surface area contributed by atoms with Crippen molar-refractivity contribution in [3.8, 4) is 0 Å². The minimum Gasteiger partial charge on any atom is -0.356 e. The Kier molecular flexibility index (Phi) is 4.47. The Labute approximate surface area is 89.3 Å². The molecule has 1 aromatic carbocycles. The first kappa shape index (κ1) is 11.1. The highest BCUT2D eigenvalue weighted by Crippen LogP contribution is 2.09. The van der Waals surface area contributed by atoms with E-state index in [4.69, 9.17) is 11.6 Å². The molecule has 2 nitrogen and oxygen atoms in total. The first-order chi connectivity index (χ1) is 6.72. The monoisotopic (exact) mass is 211 g/mol. The van der Waals surface area contributed by atoms with E-state index in [9.17, 15) is 4.79 Å². The molecular weight excluding hydrogens is 198 g/mol. The average Bonchev–Trinajstić information content (AvgIpc) is 2.21. The predicted molar refractivity (Wildman–Crippen MR) is 58.5 cm³/mol. The standard InChI is InChI=1S/C11H14ClNO/c1-2-11(14)13-8-7-9-3-5-10(12)6-4-9/h3-6H,2,7-8H2,1H3,(H,13,14). The molecule has 0 aromatic heterocycles. The van der Waals surface area contributed by atoms with Gasteiger partial charge in [0.1, 0.15) is 0 Å². The Morgan fingerprint density at radius 3 is 2.57 bits per heavy atom. The lowest BCUT2D eigenvalue weighted by molar-refractivity contribution is -0.120. The van der Waals surface area contributed by atoms with Gasteiger partial charge < -0.3 is 5.32 Å². The van der Waals surface area contributed by atoms with Crippen molar-refractivity contribution in [2.75, 3.05) is 6.54 Å².